The molecule has 0 aliphatic carbocycles. The van der Waals surface area contributed by atoms with E-state index in [-0.39, 0.29) is 16.6 Å². The second kappa shape index (κ2) is 13.9. The van der Waals surface area contributed by atoms with E-state index in [0.717, 1.165) is 18.4 Å². The predicted molar refractivity (Wildman–Crippen MR) is 154 cm³/mol. The third-order valence-electron chi connectivity index (χ3n) is 5.76. The summed E-state index contributed by atoms with van der Waals surface area (Å²) in [6.07, 6.45) is 3.19. The van der Waals surface area contributed by atoms with Gasteiger partial charge in [-0.3, -0.25) is 9.36 Å². The Labute approximate surface area is 241 Å². The van der Waals surface area contributed by atoms with Crippen LogP contribution in [0.3, 0.4) is 0 Å². The molecule has 4 rings (SSSR count). The zero-order chi connectivity index (χ0) is 29.2. The van der Waals surface area contributed by atoms with E-state index in [9.17, 15) is 18.0 Å². The summed E-state index contributed by atoms with van der Waals surface area (Å²) in [5, 5.41) is 14.4. The number of hydrogen-bond donors (Lipinski definition) is 3. The lowest BCUT2D eigenvalue weighted by atomic mass is 10.2. The van der Waals surface area contributed by atoms with Gasteiger partial charge in [0.2, 0.25) is 5.91 Å². The van der Waals surface area contributed by atoms with Crippen molar-refractivity contribution in [3.63, 3.8) is 0 Å². The summed E-state index contributed by atoms with van der Waals surface area (Å²) in [5.41, 5.74) is 1.19. The predicted octanol–water partition coefficient (Wildman–Crippen LogP) is 4.11. The summed E-state index contributed by atoms with van der Waals surface area (Å²) in [6.45, 7) is 2.70. The molecule has 3 amide bonds. The van der Waals surface area contributed by atoms with Crippen LogP contribution in [0.15, 0.2) is 81.4 Å². The van der Waals surface area contributed by atoms with Crippen LogP contribution in [-0.2, 0) is 21.4 Å². The zero-order valence-electron chi connectivity index (χ0n) is 22.5. The first-order valence-electron chi connectivity index (χ1n) is 12.7. The number of carbonyl (C=O) groups excluding carboxylic acids is 2. The molecule has 0 radical (unpaired) electrons. The highest BCUT2D eigenvalue weighted by atomic mass is 32.2. The number of methoxy groups -OCH3 is 1. The summed E-state index contributed by atoms with van der Waals surface area (Å²) >= 11 is 1.20. The number of nitrogens with zero attached hydrogens (tertiary/aromatic N) is 3. The molecule has 0 unspecified atom stereocenters. The fourth-order valence-electron chi connectivity index (χ4n) is 3.71. The molecule has 0 aliphatic heterocycles. The lowest BCUT2D eigenvalue weighted by Crippen LogP contribution is -2.39. The number of rotatable bonds is 13. The van der Waals surface area contributed by atoms with Gasteiger partial charge in [0.05, 0.1) is 30.6 Å². The Balaban J connectivity index is 1.40. The number of hydrogen-bond acceptors (Lipinski definition) is 9. The zero-order valence-corrected chi connectivity index (χ0v) is 24.1. The fourth-order valence-corrected chi connectivity index (χ4v) is 5.38. The van der Waals surface area contributed by atoms with Crippen molar-refractivity contribution in [2.75, 3.05) is 24.7 Å². The van der Waals surface area contributed by atoms with Crippen LogP contribution >= 0.6 is 11.8 Å². The highest BCUT2D eigenvalue weighted by Gasteiger charge is 2.19. The number of carbonyl (C=O) groups is 2. The van der Waals surface area contributed by atoms with Crippen molar-refractivity contribution < 1.29 is 27.2 Å². The topological polar surface area (TPSA) is 157 Å². The normalized spacial score (nSPS) is 11.2. The molecule has 0 atom stereocenters. The maximum Gasteiger partial charge on any atom is 0.328 e. The molecular formula is C27H30N6O6S2. The van der Waals surface area contributed by atoms with E-state index in [4.69, 9.17) is 9.15 Å². The largest absolute Gasteiger partial charge is 0.497 e. The van der Waals surface area contributed by atoms with Crippen molar-refractivity contribution in [2.45, 2.75) is 36.4 Å². The summed E-state index contributed by atoms with van der Waals surface area (Å²) in [5.74, 6) is 1.66. The molecule has 0 fully saturated rings. The second-order valence-electron chi connectivity index (χ2n) is 8.78. The molecule has 2 aromatic carbocycles. The molecule has 41 heavy (non-hydrogen) atoms. The molecule has 0 bridgehead atoms. The molecule has 2 heterocycles. The Morgan fingerprint density at radius 2 is 1.88 bits per heavy atom. The minimum Gasteiger partial charge on any atom is -0.497 e. The maximum absolute atomic E-state index is 12.7. The SMILES string of the molecule is CCCCNC(=O)NS(=O)(=O)c1ccc(NC(=O)CSc2nnc(-c3cccc(OC)c3)n2Cc2ccco2)cc1. The van der Waals surface area contributed by atoms with Crippen LogP contribution in [0.5, 0.6) is 5.75 Å². The van der Waals surface area contributed by atoms with E-state index in [0.29, 0.717) is 41.3 Å². The number of ether oxygens (including phenoxy) is 1. The van der Waals surface area contributed by atoms with Crippen LogP contribution in [0.1, 0.15) is 25.5 Å². The standard InChI is InChI=1S/C27H30N6O6S2/c1-3-4-14-28-26(35)32-41(36,37)23-12-10-20(11-13-23)29-24(34)18-40-27-31-30-25(19-7-5-8-21(16-19)38-2)33(27)17-22-9-6-15-39-22/h5-13,15-16H,3-4,14,17-18H2,1-2H3,(H,29,34)(H2,28,32,35). The minimum absolute atomic E-state index is 0.0218. The Morgan fingerprint density at radius 1 is 1.07 bits per heavy atom. The van der Waals surface area contributed by atoms with E-state index in [1.165, 1.54) is 36.0 Å². The third kappa shape index (κ3) is 8.11. The van der Waals surface area contributed by atoms with Crippen LogP contribution in [0, 0.1) is 0 Å². The van der Waals surface area contributed by atoms with Gasteiger partial charge in [0.1, 0.15) is 11.5 Å². The average Bonchev–Trinajstić information content (AvgIpc) is 3.62. The molecule has 0 aliphatic rings. The first-order chi connectivity index (χ1) is 19.8. The van der Waals surface area contributed by atoms with Gasteiger partial charge >= 0.3 is 6.03 Å². The molecular weight excluding hydrogens is 568 g/mol. The molecule has 12 nitrogen and oxygen atoms in total. The van der Waals surface area contributed by atoms with Crippen molar-refractivity contribution in [1.29, 1.82) is 0 Å². The van der Waals surface area contributed by atoms with Crippen molar-refractivity contribution in [3.8, 4) is 17.1 Å². The summed E-state index contributed by atoms with van der Waals surface area (Å²) in [6, 6.07) is 15.8. The van der Waals surface area contributed by atoms with E-state index >= 15 is 0 Å². The molecule has 0 saturated carbocycles. The Hall–Kier alpha value is -4.30. The van der Waals surface area contributed by atoms with Gasteiger partial charge < -0.3 is 19.8 Å². The first-order valence-corrected chi connectivity index (χ1v) is 15.2. The van der Waals surface area contributed by atoms with Crippen LogP contribution in [0.2, 0.25) is 0 Å². The van der Waals surface area contributed by atoms with Gasteiger partial charge in [-0.1, -0.05) is 37.2 Å². The van der Waals surface area contributed by atoms with Crippen LogP contribution in [0.4, 0.5) is 10.5 Å². The Morgan fingerprint density at radius 3 is 2.59 bits per heavy atom. The summed E-state index contributed by atoms with van der Waals surface area (Å²) in [4.78, 5) is 24.5. The van der Waals surface area contributed by atoms with Crippen molar-refractivity contribution >= 4 is 39.4 Å². The molecule has 2 aromatic heterocycles. The quantitative estimate of drug-likeness (QED) is 0.152. The molecule has 14 heteroatoms. The van der Waals surface area contributed by atoms with E-state index in [1.807, 2.05) is 46.5 Å². The average molecular weight is 599 g/mol. The van der Waals surface area contributed by atoms with Crippen LogP contribution < -0.4 is 20.1 Å². The van der Waals surface area contributed by atoms with Gasteiger partial charge in [0, 0.05) is 17.8 Å². The number of sulfonamides is 1. The third-order valence-corrected chi connectivity index (χ3v) is 8.08. The monoisotopic (exact) mass is 598 g/mol. The van der Waals surface area contributed by atoms with Crippen molar-refractivity contribution in [1.82, 2.24) is 24.8 Å². The van der Waals surface area contributed by atoms with E-state index in [1.54, 1.807) is 19.4 Å². The number of anilines is 1. The highest BCUT2D eigenvalue weighted by molar-refractivity contribution is 7.99. The number of aromatic nitrogens is 3. The summed E-state index contributed by atoms with van der Waals surface area (Å²) < 4.78 is 39.6. The van der Waals surface area contributed by atoms with Gasteiger partial charge in [-0.2, -0.15) is 0 Å². The lowest BCUT2D eigenvalue weighted by molar-refractivity contribution is -0.113. The molecule has 216 valence electrons. The van der Waals surface area contributed by atoms with Gasteiger partial charge in [-0.25, -0.2) is 17.9 Å². The number of amides is 3. The summed E-state index contributed by atoms with van der Waals surface area (Å²) in [7, 11) is -2.46. The number of unbranched alkanes of at least 4 members (excludes halogenated alkanes) is 1. The number of urea groups is 1. The molecule has 3 N–H and O–H groups in total. The highest BCUT2D eigenvalue weighted by Crippen LogP contribution is 2.28. The van der Waals surface area contributed by atoms with Gasteiger partial charge in [0.15, 0.2) is 11.0 Å². The Bertz CT molecular complexity index is 1570. The minimum atomic E-state index is -4.05. The van der Waals surface area contributed by atoms with Gasteiger partial charge in [0.25, 0.3) is 10.0 Å². The van der Waals surface area contributed by atoms with E-state index in [2.05, 4.69) is 20.8 Å². The van der Waals surface area contributed by atoms with Gasteiger partial charge in [-0.15, -0.1) is 10.2 Å². The molecule has 0 saturated heterocycles. The number of nitrogens with one attached hydrogen (secondary N) is 3. The maximum atomic E-state index is 12.7. The lowest BCUT2D eigenvalue weighted by Gasteiger charge is -2.10. The van der Waals surface area contributed by atoms with E-state index < -0.39 is 16.1 Å². The van der Waals surface area contributed by atoms with Gasteiger partial charge in [-0.05, 0) is 55.0 Å². The molecule has 0 spiro atoms. The fraction of sp³-hybridized carbons (Fsp3) is 0.259. The number of benzene rings is 2. The molecule has 4 aromatic rings. The Kier molecular flexibility index (Phi) is 10.0. The van der Waals surface area contributed by atoms with Crippen molar-refractivity contribution in [2.24, 2.45) is 0 Å². The smallest absolute Gasteiger partial charge is 0.328 e. The van der Waals surface area contributed by atoms with Crippen molar-refractivity contribution in [3.05, 3.63) is 72.7 Å². The number of furan rings is 1. The first kappa shape index (κ1) is 29.7. The second-order valence-corrected chi connectivity index (χ2v) is 11.4. The number of thioether (sulfide) groups is 1. The van der Waals surface area contributed by atoms with Crippen LogP contribution in [-0.4, -0.2) is 54.5 Å². The van der Waals surface area contributed by atoms with Crippen LogP contribution in [0.25, 0.3) is 11.4 Å².